The van der Waals surface area contributed by atoms with Gasteiger partial charge < -0.3 is 5.11 Å². The molecular weight excluding hydrogens is 210 g/mol. The molecule has 1 N–H and O–H groups in total. The third kappa shape index (κ3) is 4.00. The zero-order valence-corrected chi connectivity index (χ0v) is 9.79. The van der Waals surface area contributed by atoms with Crippen LogP contribution in [0.4, 0.5) is 0 Å². The van der Waals surface area contributed by atoms with Gasteiger partial charge in [-0.05, 0) is 36.5 Å². The molecule has 0 saturated heterocycles. The molecule has 0 spiro atoms. The Hall–Kier alpha value is -1.67. The van der Waals surface area contributed by atoms with Crippen molar-refractivity contribution in [3.8, 4) is 0 Å². The highest BCUT2D eigenvalue weighted by Gasteiger charge is 2.05. The van der Waals surface area contributed by atoms with Gasteiger partial charge in [0.1, 0.15) is 0 Å². The average molecular weight is 227 g/mol. The molecule has 2 aromatic rings. The van der Waals surface area contributed by atoms with Crippen molar-refractivity contribution >= 4 is 0 Å². The summed E-state index contributed by atoms with van der Waals surface area (Å²) < 4.78 is 0. The molecule has 0 saturated carbocycles. The molecule has 0 aliphatic rings. The molecule has 2 rings (SSSR count). The predicted molar refractivity (Wildman–Crippen MR) is 68.7 cm³/mol. The normalized spacial score (nSPS) is 12.3. The summed E-state index contributed by atoms with van der Waals surface area (Å²) in [6, 6.07) is 14.2. The third-order valence-electron chi connectivity index (χ3n) is 2.80. The van der Waals surface area contributed by atoms with E-state index in [-0.39, 0.29) is 6.10 Å². The number of benzene rings is 1. The fraction of sp³-hybridized carbons (Fsp3) is 0.267. The van der Waals surface area contributed by atoms with Gasteiger partial charge in [0.15, 0.2) is 0 Å². The minimum absolute atomic E-state index is 0.292. The highest BCUT2D eigenvalue weighted by molar-refractivity contribution is 5.15. The van der Waals surface area contributed by atoms with Crippen LogP contribution in [0.25, 0.3) is 0 Å². The van der Waals surface area contributed by atoms with E-state index in [0.717, 1.165) is 18.4 Å². The standard InChI is InChI=1S/C15H17NO/c17-15(11-14-7-4-10-16-12-14)9-8-13-5-2-1-3-6-13/h1-7,10,12,15,17H,8-9,11H2. The second-order valence-corrected chi connectivity index (χ2v) is 4.24. The van der Waals surface area contributed by atoms with Crippen molar-refractivity contribution in [3.63, 3.8) is 0 Å². The van der Waals surface area contributed by atoms with Crippen molar-refractivity contribution in [2.75, 3.05) is 0 Å². The number of pyridine rings is 1. The summed E-state index contributed by atoms with van der Waals surface area (Å²) in [7, 11) is 0. The van der Waals surface area contributed by atoms with E-state index in [1.54, 1.807) is 6.20 Å². The lowest BCUT2D eigenvalue weighted by Gasteiger charge is -2.10. The zero-order chi connectivity index (χ0) is 11.9. The van der Waals surface area contributed by atoms with Crippen LogP contribution in [0, 0.1) is 0 Å². The van der Waals surface area contributed by atoms with Crippen molar-refractivity contribution in [1.29, 1.82) is 0 Å². The zero-order valence-electron chi connectivity index (χ0n) is 9.79. The number of aryl methyl sites for hydroxylation is 1. The van der Waals surface area contributed by atoms with Gasteiger partial charge in [-0.15, -0.1) is 0 Å². The molecule has 1 aromatic heterocycles. The summed E-state index contributed by atoms with van der Waals surface area (Å²) >= 11 is 0. The van der Waals surface area contributed by atoms with Crippen LogP contribution < -0.4 is 0 Å². The maximum Gasteiger partial charge on any atom is 0.0584 e. The summed E-state index contributed by atoms with van der Waals surface area (Å²) in [5.41, 5.74) is 2.37. The SMILES string of the molecule is OC(CCc1ccccc1)Cc1cccnc1. The largest absolute Gasteiger partial charge is 0.393 e. The van der Waals surface area contributed by atoms with E-state index in [4.69, 9.17) is 0 Å². The average Bonchev–Trinajstić information content (AvgIpc) is 2.39. The Morgan fingerprint density at radius 3 is 2.47 bits per heavy atom. The molecule has 1 heterocycles. The molecule has 0 bridgehead atoms. The number of aliphatic hydroxyl groups is 1. The summed E-state index contributed by atoms with van der Waals surface area (Å²) in [5.74, 6) is 0. The highest BCUT2D eigenvalue weighted by atomic mass is 16.3. The van der Waals surface area contributed by atoms with E-state index >= 15 is 0 Å². The summed E-state index contributed by atoms with van der Waals surface area (Å²) in [6.45, 7) is 0. The van der Waals surface area contributed by atoms with Gasteiger partial charge >= 0.3 is 0 Å². The van der Waals surface area contributed by atoms with Crippen molar-refractivity contribution < 1.29 is 5.11 Å². The van der Waals surface area contributed by atoms with E-state index in [0.29, 0.717) is 6.42 Å². The van der Waals surface area contributed by atoms with E-state index in [1.807, 2.05) is 36.5 Å². The first kappa shape index (κ1) is 11.8. The van der Waals surface area contributed by atoms with E-state index in [1.165, 1.54) is 5.56 Å². The fourth-order valence-electron chi connectivity index (χ4n) is 1.87. The van der Waals surface area contributed by atoms with Gasteiger partial charge in [0.05, 0.1) is 6.10 Å². The van der Waals surface area contributed by atoms with Gasteiger partial charge in [-0.25, -0.2) is 0 Å². The Balaban J connectivity index is 1.80. The minimum atomic E-state index is -0.292. The number of aliphatic hydroxyl groups excluding tert-OH is 1. The van der Waals surface area contributed by atoms with Crippen LogP contribution in [0.2, 0.25) is 0 Å². The number of rotatable bonds is 5. The highest BCUT2D eigenvalue weighted by Crippen LogP contribution is 2.09. The number of hydrogen-bond acceptors (Lipinski definition) is 2. The minimum Gasteiger partial charge on any atom is -0.393 e. The maximum atomic E-state index is 9.94. The summed E-state index contributed by atoms with van der Waals surface area (Å²) in [4.78, 5) is 4.04. The molecule has 0 aliphatic heterocycles. The third-order valence-corrected chi connectivity index (χ3v) is 2.80. The van der Waals surface area contributed by atoms with Crippen LogP contribution in [0.3, 0.4) is 0 Å². The van der Waals surface area contributed by atoms with Crippen LogP contribution in [0.1, 0.15) is 17.5 Å². The molecule has 1 unspecified atom stereocenters. The van der Waals surface area contributed by atoms with Gasteiger partial charge in [-0.2, -0.15) is 0 Å². The molecule has 0 fully saturated rings. The Morgan fingerprint density at radius 1 is 1.00 bits per heavy atom. The van der Waals surface area contributed by atoms with Crippen LogP contribution in [0.15, 0.2) is 54.9 Å². The molecule has 88 valence electrons. The monoisotopic (exact) mass is 227 g/mol. The number of aromatic nitrogens is 1. The first-order valence-corrected chi connectivity index (χ1v) is 5.95. The van der Waals surface area contributed by atoms with Gasteiger partial charge in [0.2, 0.25) is 0 Å². The molecule has 0 amide bonds. The first-order chi connectivity index (χ1) is 8.34. The molecule has 0 aliphatic carbocycles. The summed E-state index contributed by atoms with van der Waals surface area (Å²) in [5, 5.41) is 9.94. The lowest BCUT2D eigenvalue weighted by Crippen LogP contribution is -2.11. The van der Waals surface area contributed by atoms with Crippen LogP contribution >= 0.6 is 0 Å². The Kier molecular flexibility index (Phi) is 4.28. The van der Waals surface area contributed by atoms with Crippen LogP contribution in [-0.2, 0) is 12.8 Å². The number of nitrogens with zero attached hydrogens (tertiary/aromatic N) is 1. The predicted octanol–water partition coefficient (Wildman–Crippen LogP) is 2.62. The van der Waals surface area contributed by atoms with Gasteiger partial charge in [0.25, 0.3) is 0 Å². The molecule has 2 heteroatoms. The maximum absolute atomic E-state index is 9.94. The topological polar surface area (TPSA) is 33.1 Å². The summed E-state index contributed by atoms with van der Waals surface area (Å²) in [6.07, 6.45) is 5.66. The van der Waals surface area contributed by atoms with Crippen molar-refractivity contribution in [2.45, 2.75) is 25.4 Å². The first-order valence-electron chi connectivity index (χ1n) is 5.95. The smallest absolute Gasteiger partial charge is 0.0584 e. The van der Waals surface area contributed by atoms with Crippen LogP contribution in [0.5, 0.6) is 0 Å². The molecule has 0 radical (unpaired) electrons. The molecule has 1 aromatic carbocycles. The van der Waals surface area contributed by atoms with Crippen molar-refractivity contribution in [3.05, 3.63) is 66.0 Å². The van der Waals surface area contributed by atoms with E-state index in [2.05, 4.69) is 17.1 Å². The Bertz CT molecular complexity index is 427. The van der Waals surface area contributed by atoms with Gasteiger partial charge in [-0.1, -0.05) is 36.4 Å². The second kappa shape index (κ2) is 6.16. The molecule has 1 atom stereocenters. The quantitative estimate of drug-likeness (QED) is 0.851. The van der Waals surface area contributed by atoms with E-state index in [9.17, 15) is 5.11 Å². The molecule has 2 nitrogen and oxygen atoms in total. The molecular formula is C15H17NO. The van der Waals surface area contributed by atoms with Crippen molar-refractivity contribution in [1.82, 2.24) is 4.98 Å². The Morgan fingerprint density at radius 2 is 1.76 bits per heavy atom. The van der Waals surface area contributed by atoms with Gasteiger partial charge in [-0.3, -0.25) is 4.98 Å². The lowest BCUT2D eigenvalue weighted by atomic mass is 10.0. The lowest BCUT2D eigenvalue weighted by molar-refractivity contribution is 0.165. The molecule has 17 heavy (non-hydrogen) atoms. The van der Waals surface area contributed by atoms with Crippen molar-refractivity contribution in [2.24, 2.45) is 0 Å². The fourth-order valence-corrected chi connectivity index (χ4v) is 1.87. The van der Waals surface area contributed by atoms with Gasteiger partial charge in [0, 0.05) is 12.4 Å². The second-order valence-electron chi connectivity index (χ2n) is 4.24. The van der Waals surface area contributed by atoms with E-state index < -0.39 is 0 Å². The number of hydrogen-bond donors (Lipinski definition) is 1. The Labute approximate surface area is 102 Å². The van der Waals surface area contributed by atoms with Crippen LogP contribution in [-0.4, -0.2) is 16.2 Å².